The maximum Gasteiger partial charge on any atom is 0.261 e. The van der Waals surface area contributed by atoms with Gasteiger partial charge < -0.3 is 0 Å². The zero-order chi connectivity index (χ0) is 14.0. The Morgan fingerprint density at radius 1 is 1.11 bits per heavy atom. The van der Waals surface area contributed by atoms with E-state index in [1.165, 1.54) is 12.1 Å². The van der Waals surface area contributed by atoms with Crippen molar-refractivity contribution >= 4 is 31.6 Å². The van der Waals surface area contributed by atoms with Gasteiger partial charge >= 0.3 is 0 Å². The van der Waals surface area contributed by atoms with Gasteiger partial charge in [0.25, 0.3) is 10.0 Å². The van der Waals surface area contributed by atoms with Gasteiger partial charge in [-0.3, -0.25) is 4.72 Å². The van der Waals surface area contributed by atoms with Crippen LogP contribution in [0.1, 0.15) is 5.56 Å². The van der Waals surface area contributed by atoms with Crippen LogP contribution in [0.3, 0.4) is 0 Å². The lowest BCUT2D eigenvalue weighted by molar-refractivity contribution is 0.599. The molecule has 0 unspecified atom stereocenters. The van der Waals surface area contributed by atoms with Crippen molar-refractivity contribution in [2.24, 2.45) is 0 Å². The summed E-state index contributed by atoms with van der Waals surface area (Å²) in [6.07, 6.45) is 0. The maximum absolute atomic E-state index is 12.8. The highest BCUT2D eigenvalue weighted by Crippen LogP contribution is 2.27. The van der Waals surface area contributed by atoms with Crippen LogP contribution in [0.4, 0.5) is 10.1 Å². The Kier molecular flexibility index (Phi) is 3.91. The summed E-state index contributed by atoms with van der Waals surface area (Å²) in [5, 5.41) is 0. The van der Waals surface area contributed by atoms with E-state index >= 15 is 0 Å². The van der Waals surface area contributed by atoms with Gasteiger partial charge in [-0.25, -0.2) is 12.8 Å². The molecule has 0 saturated heterocycles. The Labute approximate surface area is 119 Å². The van der Waals surface area contributed by atoms with Crippen molar-refractivity contribution in [2.45, 2.75) is 11.8 Å². The molecule has 0 atom stereocenters. The molecule has 0 heterocycles. The van der Waals surface area contributed by atoms with Crippen LogP contribution in [0.2, 0.25) is 0 Å². The van der Waals surface area contributed by atoms with E-state index in [0.717, 1.165) is 17.7 Å². The van der Waals surface area contributed by atoms with E-state index < -0.39 is 15.8 Å². The quantitative estimate of drug-likeness (QED) is 0.923. The van der Waals surface area contributed by atoms with Crippen molar-refractivity contribution in [3.63, 3.8) is 0 Å². The lowest BCUT2D eigenvalue weighted by Crippen LogP contribution is -2.13. The van der Waals surface area contributed by atoms with Gasteiger partial charge in [-0.2, -0.15) is 0 Å². The molecule has 0 amide bonds. The van der Waals surface area contributed by atoms with Gasteiger partial charge in [-0.05, 0) is 58.7 Å². The van der Waals surface area contributed by atoms with Gasteiger partial charge in [0, 0.05) is 4.47 Å². The van der Waals surface area contributed by atoms with E-state index in [1.54, 1.807) is 12.1 Å². The molecule has 0 aliphatic carbocycles. The molecule has 0 aromatic heterocycles. The molecule has 2 aromatic rings. The average molecular weight is 344 g/mol. The maximum atomic E-state index is 12.8. The molecule has 0 aliphatic rings. The number of hydrogen-bond acceptors (Lipinski definition) is 2. The first-order valence-corrected chi connectivity index (χ1v) is 7.71. The minimum absolute atomic E-state index is 0.0160. The highest BCUT2D eigenvalue weighted by atomic mass is 79.9. The third-order valence-electron chi connectivity index (χ3n) is 2.56. The van der Waals surface area contributed by atoms with Crippen LogP contribution in [0.15, 0.2) is 51.8 Å². The van der Waals surface area contributed by atoms with E-state index in [1.807, 2.05) is 13.0 Å². The fraction of sp³-hybridized carbons (Fsp3) is 0.0769. The van der Waals surface area contributed by atoms with Crippen LogP contribution in [-0.2, 0) is 10.0 Å². The molecule has 0 saturated carbocycles. The third-order valence-corrected chi connectivity index (χ3v) is 4.99. The lowest BCUT2D eigenvalue weighted by Gasteiger charge is -2.11. The van der Waals surface area contributed by atoms with E-state index in [-0.39, 0.29) is 4.90 Å². The number of rotatable bonds is 3. The molecule has 3 nitrogen and oxygen atoms in total. The van der Waals surface area contributed by atoms with Gasteiger partial charge in [0.15, 0.2) is 0 Å². The summed E-state index contributed by atoms with van der Waals surface area (Å²) in [5.41, 5.74) is 1.36. The van der Waals surface area contributed by atoms with Gasteiger partial charge in [0.2, 0.25) is 0 Å². The summed E-state index contributed by atoms with van der Waals surface area (Å²) >= 11 is 3.33. The normalized spacial score (nSPS) is 11.3. The van der Waals surface area contributed by atoms with Crippen molar-refractivity contribution in [2.75, 3.05) is 4.72 Å². The second-order valence-corrected chi connectivity index (χ2v) is 6.47. The Hall–Kier alpha value is -1.40. The number of benzene rings is 2. The monoisotopic (exact) mass is 343 g/mol. The Morgan fingerprint density at radius 3 is 2.37 bits per heavy atom. The van der Waals surface area contributed by atoms with Crippen LogP contribution in [-0.4, -0.2) is 8.42 Å². The Bertz CT molecular complexity index is 699. The average Bonchev–Trinajstić information content (AvgIpc) is 2.35. The molecule has 0 radical (unpaired) electrons. The molecule has 2 rings (SSSR count). The zero-order valence-corrected chi connectivity index (χ0v) is 12.4. The largest absolute Gasteiger partial charge is 0.278 e. The van der Waals surface area contributed by atoms with Gasteiger partial charge in [-0.15, -0.1) is 0 Å². The number of anilines is 1. The smallest absolute Gasteiger partial charge is 0.261 e. The molecule has 2 aromatic carbocycles. The van der Waals surface area contributed by atoms with Crippen molar-refractivity contribution in [1.82, 2.24) is 0 Å². The number of aryl methyl sites for hydroxylation is 1. The third kappa shape index (κ3) is 3.13. The number of nitrogens with one attached hydrogen (secondary N) is 1. The fourth-order valence-electron chi connectivity index (χ4n) is 1.54. The second-order valence-electron chi connectivity index (χ2n) is 4.00. The van der Waals surface area contributed by atoms with Crippen LogP contribution in [0, 0.1) is 12.7 Å². The molecule has 0 bridgehead atoms. The fourth-order valence-corrected chi connectivity index (χ4v) is 3.11. The van der Waals surface area contributed by atoms with Crippen LogP contribution >= 0.6 is 15.9 Å². The van der Waals surface area contributed by atoms with E-state index in [9.17, 15) is 12.8 Å². The predicted molar refractivity (Wildman–Crippen MR) is 76.1 cm³/mol. The molecule has 100 valence electrons. The van der Waals surface area contributed by atoms with Crippen molar-refractivity contribution in [3.05, 3.63) is 58.3 Å². The molecule has 0 spiro atoms. The summed E-state index contributed by atoms with van der Waals surface area (Å²) < 4.78 is 40.2. The first-order valence-electron chi connectivity index (χ1n) is 5.43. The van der Waals surface area contributed by atoms with Gasteiger partial charge in [0.1, 0.15) is 5.82 Å². The topological polar surface area (TPSA) is 46.2 Å². The van der Waals surface area contributed by atoms with E-state index in [0.29, 0.717) is 10.2 Å². The standard InChI is InChI=1S/C13H11BrFNO2S/c1-9-3-2-4-12(13(9)14)16-19(17,18)11-7-5-10(15)6-8-11/h2-8,16H,1H3. The Morgan fingerprint density at radius 2 is 1.74 bits per heavy atom. The predicted octanol–water partition coefficient (Wildman–Crippen LogP) is 3.70. The zero-order valence-electron chi connectivity index (χ0n) is 10.0. The molecule has 19 heavy (non-hydrogen) atoms. The van der Waals surface area contributed by atoms with Crippen LogP contribution in [0.25, 0.3) is 0 Å². The number of hydrogen-bond donors (Lipinski definition) is 1. The van der Waals surface area contributed by atoms with E-state index in [4.69, 9.17) is 0 Å². The first-order chi connectivity index (χ1) is 8.90. The van der Waals surface area contributed by atoms with Crippen LogP contribution in [0.5, 0.6) is 0 Å². The van der Waals surface area contributed by atoms with Crippen molar-refractivity contribution in [1.29, 1.82) is 0 Å². The minimum atomic E-state index is -3.72. The van der Waals surface area contributed by atoms with Gasteiger partial charge in [0.05, 0.1) is 10.6 Å². The van der Waals surface area contributed by atoms with Gasteiger partial charge in [-0.1, -0.05) is 12.1 Å². The highest BCUT2D eigenvalue weighted by Gasteiger charge is 2.15. The van der Waals surface area contributed by atoms with E-state index in [2.05, 4.69) is 20.7 Å². The molecular formula is C13H11BrFNO2S. The lowest BCUT2D eigenvalue weighted by atomic mass is 10.2. The first kappa shape index (κ1) is 14.0. The SMILES string of the molecule is Cc1cccc(NS(=O)(=O)c2ccc(F)cc2)c1Br. The summed E-state index contributed by atoms with van der Waals surface area (Å²) in [4.78, 5) is 0.0160. The Balaban J connectivity index is 2.36. The number of sulfonamides is 1. The number of halogens is 2. The highest BCUT2D eigenvalue weighted by molar-refractivity contribution is 9.10. The second kappa shape index (κ2) is 5.30. The molecule has 0 fully saturated rings. The minimum Gasteiger partial charge on any atom is -0.278 e. The summed E-state index contributed by atoms with van der Waals surface area (Å²) in [6.45, 7) is 1.86. The molecule has 6 heteroatoms. The summed E-state index contributed by atoms with van der Waals surface area (Å²) in [7, 11) is -3.72. The molecule has 1 N–H and O–H groups in total. The van der Waals surface area contributed by atoms with Crippen molar-refractivity contribution in [3.8, 4) is 0 Å². The van der Waals surface area contributed by atoms with Crippen LogP contribution < -0.4 is 4.72 Å². The summed E-state index contributed by atoms with van der Waals surface area (Å²) in [5.74, 6) is -0.476. The van der Waals surface area contributed by atoms with Crippen molar-refractivity contribution < 1.29 is 12.8 Å². The summed E-state index contributed by atoms with van der Waals surface area (Å²) in [6, 6.07) is 9.93. The molecule has 0 aliphatic heterocycles. The molecular weight excluding hydrogens is 333 g/mol.